The third kappa shape index (κ3) is 3.08. The maximum absolute atomic E-state index is 9.08. The highest BCUT2D eigenvalue weighted by molar-refractivity contribution is 9.10. The van der Waals surface area contributed by atoms with Crippen LogP contribution in [-0.4, -0.2) is 38.5 Å². The number of halogens is 2. The van der Waals surface area contributed by atoms with Gasteiger partial charge in [0.15, 0.2) is 7.98 Å². The first kappa shape index (κ1) is 14.7. The second-order valence-electron chi connectivity index (χ2n) is 4.65. The molecule has 1 aliphatic rings. The molecule has 3 nitrogen and oxygen atoms in total. The summed E-state index contributed by atoms with van der Waals surface area (Å²) in [5.74, 6) is 0. The van der Waals surface area contributed by atoms with E-state index in [1.54, 1.807) is 6.07 Å². The van der Waals surface area contributed by atoms with Crippen molar-refractivity contribution in [2.75, 3.05) is 24.5 Å². The van der Waals surface area contributed by atoms with Crippen LogP contribution in [0.3, 0.4) is 0 Å². The van der Waals surface area contributed by atoms with Gasteiger partial charge < -0.3 is 9.71 Å². The van der Waals surface area contributed by atoms with E-state index < -0.39 is 0 Å². The number of nitrogens with zero attached hydrogens (tertiary/aromatic N) is 3. The van der Waals surface area contributed by atoms with Crippen LogP contribution >= 0.6 is 27.5 Å². The molecule has 0 bridgehead atoms. The lowest BCUT2D eigenvalue weighted by Gasteiger charge is -2.42. The Labute approximate surface area is 128 Å². The van der Waals surface area contributed by atoms with Crippen LogP contribution in [0.5, 0.6) is 0 Å². The molecule has 1 aromatic rings. The van der Waals surface area contributed by atoms with E-state index in [0.29, 0.717) is 16.6 Å². The molecule has 1 atom stereocenters. The zero-order valence-electron chi connectivity index (χ0n) is 10.7. The van der Waals surface area contributed by atoms with Crippen molar-refractivity contribution in [1.82, 2.24) is 4.81 Å². The van der Waals surface area contributed by atoms with Crippen molar-refractivity contribution in [2.45, 2.75) is 19.4 Å². The molecule has 0 spiro atoms. The lowest BCUT2D eigenvalue weighted by Crippen LogP contribution is -2.52. The van der Waals surface area contributed by atoms with Crippen molar-refractivity contribution in [1.29, 1.82) is 5.26 Å². The summed E-state index contributed by atoms with van der Waals surface area (Å²) in [6.45, 7) is 4.55. The number of hydrogen-bond acceptors (Lipinski definition) is 3. The molecule has 1 fully saturated rings. The van der Waals surface area contributed by atoms with Gasteiger partial charge in [-0.25, -0.2) is 0 Å². The Morgan fingerprint density at radius 1 is 1.53 bits per heavy atom. The molecule has 0 amide bonds. The summed E-state index contributed by atoms with van der Waals surface area (Å²) in [5.41, 5.74) is 1.52. The molecule has 98 valence electrons. The minimum atomic E-state index is 0.317. The molecule has 0 N–H and O–H groups in total. The van der Waals surface area contributed by atoms with Crippen molar-refractivity contribution in [3.05, 3.63) is 27.2 Å². The summed E-state index contributed by atoms with van der Waals surface area (Å²) in [6.07, 6.45) is 0.985. The van der Waals surface area contributed by atoms with E-state index in [0.717, 1.165) is 36.2 Å². The van der Waals surface area contributed by atoms with Crippen LogP contribution in [0.2, 0.25) is 5.02 Å². The third-order valence-electron chi connectivity index (χ3n) is 3.43. The van der Waals surface area contributed by atoms with Gasteiger partial charge in [0.05, 0.1) is 22.3 Å². The van der Waals surface area contributed by atoms with Gasteiger partial charge in [-0.3, -0.25) is 0 Å². The van der Waals surface area contributed by atoms with Gasteiger partial charge in [0, 0.05) is 30.1 Å². The molecule has 19 heavy (non-hydrogen) atoms. The molecule has 2 radical (unpaired) electrons. The summed E-state index contributed by atoms with van der Waals surface area (Å²) in [6, 6.07) is 6.07. The van der Waals surface area contributed by atoms with Crippen molar-refractivity contribution in [2.24, 2.45) is 0 Å². The highest BCUT2D eigenvalue weighted by atomic mass is 79.9. The Morgan fingerprint density at radius 3 is 2.89 bits per heavy atom. The number of rotatable bonds is 2. The van der Waals surface area contributed by atoms with E-state index >= 15 is 0 Å². The second kappa shape index (κ2) is 6.17. The SMILES string of the molecule is [B]N1CCN(c2cc(C#N)cc(Br)c2Cl)[C@@H](CC)C1. The molecule has 6 heteroatoms. The van der Waals surface area contributed by atoms with Crippen molar-refractivity contribution < 1.29 is 0 Å². The first-order chi connectivity index (χ1) is 9.06. The lowest BCUT2D eigenvalue weighted by atomic mass is 10.0. The van der Waals surface area contributed by atoms with E-state index in [1.165, 1.54) is 0 Å². The molecule has 2 rings (SSSR count). The van der Waals surface area contributed by atoms with Crippen LogP contribution in [0.1, 0.15) is 18.9 Å². The number of hydrogen-bond donors (Lipinski definition) is 0. The summed E-state index contributed by atoms with van der Waals surface area (Å²) in [5, 5.41) is 9.74. The Balaban J connectivity index is 2.40. The molecular weight excluding hydrogens is 324 g/mol. The summed E-state index contributed by atoms with van der Waals surface area (Å²) < 4.78 is 0.758. The van der Waals surface area contributed by atoms with Gasteiger partial charge in [-0.2, -0.15) is 5.26 Å². The zero-order valence-corrected chi connectivity index (χ0v) is 13.1. The highest BCUT2D eigenvalue weighted by Gasteiger charge is 2.26. The van der Waals surface area contributed by atoms with Gasteiger partial charge in [-0.05, 0) is 34.5 Å². The molecule has 1 aliphatic heterocycles. The van der Waals surface area contributed by atoms with Crippen molar-refractivity contribution in [3.8, 4) is 6.07 Å². The van der Waals surface area contributed by atoms with Gasteiger partial charge in [0.25, 0.3) is 0 Å². The van der Waals surface area contributed by atoms with E-state index in [9.17, 15) is 0 Å². The topological polar surface area (TPSA) is 30.3 Å². The monoisotopic (exact) mass is 337 g/mol. The van der Waals surface area contributed by atoms with Crippen molar-refractivity contribution in [3.63, 3.8) is 0 Å². The van der Waals surface area contributed by atoms with Gasteiger partial charge >= 0.3 is 0 Å². The predicted octanol–water partition coefficient (Wildman–Crippen LogP) is 2.96. The summed E-state index contributed by atoms with van der Waals surface area (Å²) in [7, 11) is 5.88. The summed E-state index contributed by atoms with van der Waals surface area (Å²) >= 11 is 9.78. The molecule has 1 saturated heterocycles. The number of anilines is 1. The smallest absolute Gasteiger partial charge is 0.182 e. The third-order valence-corrected chi connectivity index (χ3v) is 4.68. The van der Waals surface area contributed by atoms with E-state index in [1.807, 2.05) is 10.9 Å². The molecule has 1 heterocycles. The summed E-state index contributed by atoms with van der Waals surface area (Å²) in [4.78, 5) is 4.08. The average Bonchev–Trinajstić information content (AvgIpc) is 2.41. The Bertz CT molecular complexity index is 517. The minimum Gasteiger partial charge on any atom is -0.365 e. The Kier molecular flexibility index (Phi) is 4.78. The van der Waals surface area contributed by atoms with Gasteiger partial charge in [0.1, 0.15) is 0 Å². The number of benzene rings is 1. The fourth-order valence-corrected chi connectivity index (χ4v) is 3.06. The van der Waals surface area contributed by atoms with Crippen LogP contribution < -0.4 is 4.90 Å². The molecule has 0 saturated carbocycles. The minimum absolute atomic E-state index is 0.317. The second-order valence-corrected chi connectivity index (χ2v) is 5.89. The fourth-order valence-electron chi connectivity index (χ4n) is 2.39. The van der Waals surface area contributed by atoms with E-state index in [4.69, 9.17) is 24.8 Å². The maximum Gasteiger partial charge on any atom is 0.182 e. The molecule has 0 aromatic heterocycles. The average molecular weight is 338 g/mol. The van der Waals surface area contributed by atoms with Crippen LogP contribution in [0.4, 0.5) is 5.69 Å². The standard InChI is InChI=1S/C13H14BBrClN3/c1-2-10-8-18(14)3-4-19(10)12-6-9(7-17)5-11(15)13(12)16/h5-6,10H,2-4,8H2,1H3/t10-/m0/s1. The van der Waals surface area contributed by atoms with Gasteiger partial charge in [-0.15, -0.1) is 0 Å². The highest BCUT2D eigenvalue weighted by Crippen LogP contribution is 2.36. The molecule has 1 aromatic carbocycles. The van der Waals surface area contributed by atoms with Gasteiger partial charge in [-0.1, -0.05) is 18.5 Å². The Hall–Kier alpha value is -0.695. The number of nitriles is 1. The van der Waals surface area contributed by atoms with Crippen LogP contribution in [-0.2, 0) is 0 Å². The largest absolute Gasteiger partial charge is 0.365 e. The predicted molar refractivity (Wildman–Crippen MR) is 82.6 cm³/mol. The molecule has 0 aliphatic carbocycles. The van der Waals surface area contributed by atoms with Crippen LogP contribution in [0.25, 0.3) is 0 Å². The maximum atomic E-state index is 9.08. The number of piperazine rings is 1. The van der Waals surface area contributed by atoms with Crippen molar-refractivity contribution >= 4 is 41.2 Å². The first-order valence-electron chi connectivity index (χ1n) is 6.22. The van der Waals surface area contributed by atoms with E-state index in [2.05, 4.69) is 33.8 Å². The fraction of sp³-hybridized carbons (Fsp3) is 0.462. The van der Waals surface area contributed by atoms with Crippen LogP contribution in [0.15, 0.2) is 16.6 Å². The lowest BCUT2D eigenvalue weighted by molar-refractivity contribution is 0.343. The molecular formula is C13H14BBrClN3. The Morgan fingerprint density at radius 2 is 2.26 bits per heavy atom. The first-order valence-corrected chi connectivity index (χ1v) is 7.39. The zero-order chi connectivity index (χ0) is 14.0. The van der Waals surface area contributed by atoms with Gasteiger partial charge in [0.2, 0.25) is 0 Å². The normalized spacial score (nSPS) is 20.3. The quantitative estimate of drug-likeness (QED) is 0.777. The molecule has 0 unspecified atom stereocenters. The van der Waals surface area contributed by atoms with E-state index in [-0.39, 0.29) is 0 Å². The van der Waals surface area contributed by atoms with Crippen LogP contribution in [0, 0.1) is 11.3 Å².